The van der Waals surface area contributed by atoms with Crippen LogP contribution in [0, 0.1) is 0 Å². The van der Waals surface area contributed by atoms with Gasteiger partial charge in [-0.3, -0.25) is 14.7 Å². The molecule has 1 spiro atoms. The maximum absolute atomic E-state index is 12.8. The molecule has 1 aliphatic carbocycles. The van der Waals surface area contributed by atoms with Crippen LogP contribution in [0.2, 0.25) is 0 Å². The third-order valence-electron chi connectivity index (χ3n) is 6.54. The summed E-state index contributed by atoms with van der Waals surface area (Å²) in [4.78, 5) is 22.9. The molecule has 3 heterocycles. The van der Waals surface area contributed by atoms with Crippen molar-refractivity contribution in [2.75, 3.05) is 6.54 Å². The van der Waals surface area contributed by atoms with Gasteiger partial charge in [0.1, 0.15) is 0 Å². The van der Waals surface area contributed by atoms with Crippen molar-refractivity contribution in [2.24, 2.45) is 0 Å². The Bertz CT molecular complexity index is 976. The highest BCUT2D eigenvalue weighted by Gasteiger charge is 2.46. The largest absolute Gasteiger partial charge is 0.360 e. The van der Waals surface area contributed by atoms with Gasteiger partial charge in [-0.15, -0.1) is 0 Å². The lowest BCUT2D eigenvalue weighted by molar-refractivity contribution is -0.0335. The molecule has 0 bridgehead atoms. The highest BCUT2D eigenvalue weighted by molar-refractivity contribution is 5.96. The molecule has 28 heavy (non-hydrogen) atoms. The van der Waals surface area contributed by atoms with Crippen LogP contribution in [0.5, 0.6) is 0 Å². The first-order valence-electron chi connectivity index (χ1n) is 10.2. The molecule has 144 valence electrons. The molecule has 5 rings (SSSR count). The Morgan fingerprint density at radius 1 is 1.25 bits per heavy atom. The summed E-state index contributed by atoms with van der Waals surface area (Å²) in [6.07, 6.45) is 9.34. The number of nitrogens with one attached hydrogen (secondary N) is 2. The van der Waals surface area contributed by atoms with Crippen LogP contribution in [-0.2, 0) is 6.54 Å². The van der Waals surface area contributed by atoms with E-state index in [1.165, 1.54) is 24.8 Å². The number of nitrogens with zero attached hydrogens (tertiary/aromatic N) is 2. The first-order chi connectivity index (χ1) is 13.7. The zero-order valence-electron chi connectivity index (χ0n) is 16.0. The Morgan fingerprint density at radius 2 is 2.11 bits per heavy atom. The van der Waals surface area contributed by atoms with Crippen LogP contribution in [0.1, 0.15) is 48.0 Å². The smallest absolute Gasteiger partial charge is 0.253 e. The van der Waals surface area contributed by atoms with E-state index in [2.05, 4.69) is 50.5 Å². The lowest BCUT2D eigenvalue weighted by Gasteiger charge is -2.55. The minimum atomic E-state index is -0.0139. The lowest BCUT2D eigenvalue weighted by atomic mass is 9.68. The summed E-state index contributed by atoms with van der Waals surface area (Å²) in [6, 6.07) is 14.8. The van der Waals surface area contributed by atoms with E-state index in [4.69, 9.17) is 0 Å². The monoisotopic (exact) mass is 374 g/mol. The van der Waals surface area contributed by atoms with Crippen molar-refractivity contribution >= 4 is 16.9 Å². The van der Waals surface area contributed by atoms with Crippen molar-refractivity contribution in [3.05, 3.63) is 66.0 Å². The van der Waals surface area contributed by atoms with Crippen LogP contribution in [0.3, 0.4) is 0 Å². The van der Waals surface area contributed by atoms with Gasteiger partial charge in [-0.2, -0.15) is 0 Å². The summed E-state index contributed by atoms with van der Waals surface area (Å²) >= 11 is 0. The molecule has 1 saturated carbocycles. The molecule has 1 saturated heterocycles. The van der Waals surface area contributed by atoms with Gasteiger partial charge in [-0.05, 0) is 49.8 Å². The van der Waals surface area contributed by atoms with E-state index in [-0.39, 0.29) is 17.5 Å². The number of piperidine rings is 1. The molecule has 0 radical (unpaired) electrons. The normalized spacial score (nSPS) is 21.5. The summed E-state index contributed by atoms with van der Waals surface area (Å²) in [5.41, 5.74) is 4.05. The minimum Gasteiger partial charge on any atom is -0.360 e. The SMILES string of the molecule is O=C(NC1CCN(Cc2ccccc2)C2(CCC2)C1)c1cnc2cc[nH]c2c1. The van der Waals surface area contributed by atoms with Crippen molar-refractivity contribution in [2.45, 2.75) is 50.2 Å². The fraction of sp³-hybridized carbons (Fsp3) is 0.391. The Labute approximate surface area is 165 Å². The average Bonchev–Trinajstić information content (AvgIpc) is 3.16. The van der Waals surface area contributed by atoms with Crippen molar-refractivity contribution in [3.8, 4) is 0 Å². The standard InChI is InChI=1S/C23H26N4O/c28-22(18-13-21-20(25-15-18)7-11-24-21)26-19-8-12-27(23(14-19)9-4-10-23)16-17-5-2-1-3-6-17/h1-3,5-7,11,13,15,19,24H,4,8-10,12,14,16H2,(H,26,28). The number of aromatic nitrogens is 2. The van der Waals surface area contributed by atoms with E-state index in [0.29, 0.717) is 5.56 Å². The minimum absolute atomic E-state index is 0.0139. The highest BCUT2D eigenvalue weighted by Crippen LogP contribution is 2.45. The second-order valence-electron chi connectivity index (χ2n) is 8.28. The number of H-pyrrole nitrogens is 1. The summed E-state index contributed by atoms with van der Waals surface area (Å²) in [5.74, 6) is -0.0139. The van der Waals surface area contributed by atoms with E-state index in [0.717, 1.165) is 37.0 Å². The molecule has 1 aliphatic heterocycles. The second-order valence-corrected chi connectivity index (χ2v) is 8.28. The zero-order chi connectivity index (χ0) is 19.0. The topological polar surface area (TPSA) is 61.0 Å². The predicted octanol–water partition coefficient (Wildman–Crippen LogP) is 3.88. The van der Waals surface area contributed by atoms with Gasteiger partial charge in [-0.25, -0.2) is 0 Å². The summed E-state index contributed by atoms with van der Waals surface area (Å²) in [6.45, 7) is 2.04. The Hall–Kier alpha value is -2.66. The molecule has 2 aliphatic rings. The van der Waals surface area contributed by atoms with Gasteiger partial charge < -0.3 is 10.3 Å². The molecule has 3 aromatic rings. The quantitative estimate of drug-likeness (QED) is 0.729. The first kappa shape index (κ1) is 17.4. The molecular weight excluding hydrogens is 348 g/mol. The average molecular weight is 374 g/mol. The van der Waals surface area contributed by atoms with Crippen LogP contribution in [0.15, 0.2) is 54.9 Å². The predicted molar refractivity (Wildman–Crippen MR) is 110 cm³/mol. The molecule has 1 aromatic carbocycles. The van der Waals surface area contributed by atoms with Gasteiger partial charge in [0.15, 0.2) is 0 Å². The number of rotatable bonds is 4. The fourth-order valence-electron chi connectivity index (χ4n) is 4.84. The van der Waals surface area contributed by atoms with Crippen molar-refractivity contribution in [1.29, 1.82) is 0 Å². The van der Waals surface area contributed by atoms with E-state index in [1.54, 1.807) is 6.20 Å². The van der Waals surface area contributed by atoms with Crippen molar-refractivity contribution < 1.29 is 4.79 Å². The molecule has 1 atom stereocenters. The maximum atomic E-state index is 12.8. The Balaban J connectivity index is 1.27. The number of benzene rings is 1. The molecule has 1 unspecified atom stereocenters. The van der Waals surface area contributed by atoms with Crippen LogP contribution >= 0.6 is 0 Å². The number of aromatic amines is 1. The van der Waals surface area contributed by atoms with Gasteiger partial charge in [0.25, 0.3) is 5.91 Å². The number of likely N-dealkylation sites (tertiary alicyclic amines) is 1. The number of carbonyl (C=O) groups excluding carboxylic acids is 1. The first-order valence-corrected chi connectivity index (χ1v) is 10.2. The van der Waals surface area contributed by atoms with Crippen LogP contribution < -0.4 is 5.32 Å². The third-order valence-corrected chi connectivity index (χ3v) is 6.54. The van der Waals surface area contributed by atoms with Gasteiger partial charge in [0.05, 0.1) is 16.6 Å². The third kappa shape index (κ3) is 3.20. The van der Waals surface area contributed by atoms with Gasteiger partial charge in [0.2, 0.25) is 0 Å². The number of fused-ring (bicyclic) bond motifs is 1. The zero-order valence-corrected chi connectivity index (χ0v) is 16.0. The molecule has 5 heteroatoms. The van der Waals surface area contributed by atoms with Crippen molar-refractivity contribution in [1.82, 2.24) is 20.2 Å². The Kier molecular flexibility index (Phi) is 4.40. The van der Waals surface area contributed by atoms with Crippen LogP contribution in [-0.4, -0.2) is 38.9 Å². The molecule has 5 nitrogen and oxygen atoms in total. The molecule has 1 amide bonds. The number of carbonyl (C=O) groups is 1. The molecule has 2 aromatic heterocycles. The van der Waals surface area contributed by atoms with Crippen LogP contribution in [0.4, 0.5) is 0 Å². The number of hydrogen-bond acceptors (Lipinski definition) is 3. The second kappa shape index (κ2) is 7.06. The van der Waals surface area contributed by atoms with Gasteiger partial charge >= 0.3 is 0 Å². The van der Waals surface area contributed by atoms with E-state index >= 15 is 0 Å². The van der Waals surface area contributed by atoms with Crippen LogP contribution in [0.25, 0.3) is 11.0 Å². The fourth-order valence-corrected chi connectivity index (χ4v) is 4.84. The summed E-state index contributed by atoms with van der Waals surface area (Å²) in [5, 5.41) is 3.28. The summed E-state index contributed by atoms with van der Waals surface area (Å²) < 4.78 is 0. The molecule has 2 N–H and O–H groups in total. The molecule has 2 fully saturated rings. The Morgan fingerprint density at radius 3 is 2.89 bits per heavy atom. The number of amides is 1. The maximum Gasteiger partial charge on any atom is 0.253 e. The van der Waals surface area contributed by atoms with E-state index in [9.17, 15) is 4.79 Å². The van der Waals surface area contributed by atoms with Crippen molar-refractivity contribution in [3.63, 3.8) is 0 Å². The molecular formula is C23H26N4O. The summed E-state index contributed by atoms with van der Waals surface area (Å²) in [7, 11) is 0. The van der Waals surface area contributed by atoms with Gasteiger partial charge in [0, 0.05) is 37.1 Å². The highest BCUT2D eigenvalue weighted by atomic mass is 16.1. The number of pyridine rings is 1. The lowest BCUT2D eigenvalue weighted by Crippen LogP contribution is -2.61. The van der Waals surface area contributed by atoms with Gasteiger partial charge in [-0.1, -0.05) is 30.3 Å². The van der Waals surface area contributed by atoms with E-state index < -0.39 is 0 Å². The number of hydrogen-bond donors (Lipinski definition) is 2. The van der Waals surface area contributed by atoms with E-state index in [1.807, 2.05) is 18.3 Å².